The third kappa shape index (κ3) is 7.88. The lowest BCUT2D eigenvalue weighted by Gasteiger charge is -2.35. The molecule has 278 valence electrons. The molecular formula is C42H58N8O2. The molecule has 0 aliphatic heterocycles. The van der Waals surface area contributed by atoms with E-state index in [1.165, 1.54) is 0 Å². The molecule has 0 radical (unpaired) electrons. The summed E-state index contributed by atoms with van der Waals surface area (Å²) in [5, 5.41) is 10.1. The number of likely N-dealkylation sites (N-methyl/N-ethyl adjacent to an activating group) is 1. The molecule has 2 atom stereocenters. The maximum Gasteiger partial charge on any atom is 0.240 e. The molecule has 2 unspecified atom stereocenters. The lowest BCUT2D eigenvalue weighted by Crippen LogP contribution is -2.56. The van der Waals surface area contributed by atoms with E-state index in [4.69, 9.17) is 15.7 Å². The fourth-order valence-corrected chi connectivity index (χ4v) is 7.91. The zero-order chi connectivity index (χ0) is 37.3. The van der Waals surface area contributed by atoms with Gasteiger partial charge < -0.3 is 31.7 Å². The zero-order valence-corrected chi connectivity index (χ0v) is 32.1. The van der Waals surface area contributed by atoms with Gasteiger partial charge in [-0.3, -0.25) is 9.59 Å². The highest BCUT2D eigenvalue weighted by molar-refractivity contribution is 5.87. The summed E-state index contributed by atoms with van der Waals surface area (Å²) in [5.41, 5.74) is 10.7. The third-order valence-electron chi connectivity index (χ3n) is 11.1. The largest absolute Gasteiger partial charge is 0.344 e. The Labute approximate surface area is 309 Å². The number of benzene rings is 2. The summed E-state index contributed by atoms with van der Waals surface area (Å²) < 4.78 is 0. The summed E-state index contributed by atoms with van der Waals surface area (Å²) in [6.07, 6.45) is 10.9. The molecule has 2 amide bonds. The number of hydrogen-bond donors (Lipinski definition) is 6. The first kappa shape index (κ1) is 37.5. The van der Waals surface area contributed by atoms with Crippen LogP contribution in [0.4, 0.5) is 0 Å². The number of rotatable bonds is 11. The van der Waals surface area contributed by atoms with Crippen molar-refractivity contribution in [2.45, 2.75) is 123 Å². The first-order chi connectivity index (χ1) is 24.6. The van der Waals surface area contributed by atoms with E-state index < -0.39 is 11.1 Å². The van der Waals surface area contributed by atoms with Crippen LogP contribution in [0.1, 0.15) is 124 Å². The van der Waals surface area contributed by atoms with Gasteiger partial charge in [0.1, 0.15) is 11.6 Å². The van der Waals surface area contributed by atoms with Crippen LogP contribution in [0.15, 0.2) is 60.9 Å². The second-order valence-electron chi connectivity index (χ2n) is 17.2. The van der Waals surface area contributed by atoms with Crippen molar-refractivity contribution in [1.29, 1.82) is 0 Å². The van der Waals surface area contributed by atoms with Crippen LogP contribution < -0.4 is 21.7 Å². The minimum atomic E-state index is -0.799. The number of nitrogens with two attached hydrogens (primary N) is 1. The van der Waals surface area contributed by atoms with E-state index in [9.17, 15) is 9.59 Å². The number of carbonyl (C=O) groups is 2. The molecule has 2 aliphatic rings. The van der Waals surface area contributed by atoms with Gasteiger partial charge in [-0.1, -0.05) is 123 Å². The van der Waals surface area contributed by atoms with Gasteiger partial charge in [-0.15, -0.1) is 0 Å². The van der Waals surface area contributed by atoms with Gasteiger partial charge in [0.15, 0.2) is 0 Å². The van der Waals surface area contributed by atoms with E-state index in [1.807, 2.05) is 12.4 Å². The minimum absolute atomic E-state index is 0.0650. The van der Waals surface area contributed by atoms with Gasteiger partial charge in [-0.25, -0.2) is 9.97 Å². The van der Waals surface area contributed by atoms with Crippen molar-refractivity contribution in [3.8, 4) is 33.6 Å². The topological polar surface area (TPSA) is 154 Å². The van der Waals surface area contributed by atoms with E-state index in [0.29, 0.717) is 0 Å². The summed E-state index contributed by atoms with van der Waals surface area (Å²) in [7, 11) is 0. The Morgan fingerprint density at radius 1 is 0.673 bits per heavy atom. The van der Waals surface area contributed by atoms with Crippen LogP contribution in [0.25, 0.3) is 33.6 Å². The van der Waals surface area contributed by atoms with Crippen molar-refractivity contribution in [2.24, 2.45) is 16.6 Å². The molecule has 10 heteroatoms. The number of imidazole rings is 2. The normalized spacial score (nSPS) is 18.2. The number of H-pyrrole nitrogens is 2. The molecule has 10 nitrogen and oxygen atoms in total. The molecule has 0 spiro atoms. The number of hydrogen-bond acceptors (Lipinski definition) is 6. The monoisotopic (exact) mass is 706 g/mol. The molecule has 2 aromatic heterocycles. The molecule has 0 saturated heterocycles. The van der Waals surface area contributed by atoms with Crippen LogP contribution in [-0.4, -0.2) is 49.4 Å². The highest BCUT2D eigenvalue weighted by Gasteiger charge is 2.43. The van der Waals surface area contributed by atoms with Crippen LogP contribution in [-0.2, 0) is 9.59 Å². The Morgan fingerprint density at radius 2 is 1.06 bits per heavy atom. The molecule has 2 aromatic carbocycles. The second-order valence-corrected chi connectivity index (χ2v) is 17.2. The highest BCUT2D eigenvalue weighted by Crippen LogP contribution is 2.37. The number of aromatic nitrogens is 4. The zero-order valence-electron chi connectivity index (χ0n) is 32.1. The second kappa shape index (κ2) is 14.6. The average molecular weight is 707 g/mol. The Hall–Kier alpha value is -4.28. The molecule has 7 N–H and O–H groups in total. The number of carbonyl (C=O) groups excluding carboxylic acids is 2. The van der Waals surface area contributed by atoms with Crippen molar-refractivity contribution in [2.75, 3.05) is 6.54 Å². The Bertz CT molecular complexity index is 1830. The highest BCUT2D eigenvalue weighted by atomic mass is 16.2. The third-order valence-corrected chi connectivity index (χ3v) is 11.1. The van der Waals surface area contributed by atoms with E-state index in [0.717, 1.165) is 103 Å². The van der Waals surface area contributed by atoms with Crippen molar-refractivity contribution in [3.63, 3.8) is 0 Å². The fraction of sp³-hybridized carbons (Fsp3) is 0.524. The first-order valence-electron chi connectivity index (χ1n) is 19.1. The molecule has 52 heavy (non-hydrogen) atoms. The molecule has 4 aromatic rings. The Kier molecular flexibility index (Phi) is 10.5. The quantitative estimate of drug-likeness (QED) is 0.0939. The molecule has 2 heterocycles. The lowest BCUT2D eigenvalue weighted by atomic mass is 9.85. The summed E-state index contributed by atoms with van der Waals surface area (Å²) >= 11 is 0. The van der Waals surface area contributed by atoms with Gasteiger partial charge in [0.2, 0.25) is 11.8 Å². The predicted molar refractivity (Wildman–Crippen MR) is 208 cm³/mol. The van der Waals surface area contributed by atoms with E-state index in [2.05, 4.69) is 123 Å². The van der Waals surface area contributed by atoms with E-state index >= 15 is 0 Å². The predicted octanol–water partition coefficient (Wildman–Crippen LogP) is 7.73. The van der Waals surface area contributed by atoms with Crippen molar-refractivity contribution in [3.05, 3.63) is 72.6 Å². The maximum absolute atomic E-state index is 13.7. The first-order valence-corrected chi connectivity index (χ1v) is 19.1. The molecule has 2 saturated carbocycles. The molecule has 2 aliphatic carbocycles. The smallest absolute Gasteiger partial charge is 0.240 e. The SMILES string of the molecule is CCNC1(C(=O)NC(c2ncc(-c3ccc(-c4ccc(-c5cnc(C(NC(=O)C6(N)CCCC6)C(C)(C)C)[nH]5)cc4)cc3)[nH]2)C(C)(C)C)CCCC1. The minimum Gasteiger partial charge on any atom is -0.344 e. The van der Waals surface area contributed by atoms with Crippen LogP contribution in [0, 0.1) is 10.8 Å². The van der Waals surface area contributed by atoms with Crippen molar-refractivity contribution in [1.82, 2.24) is 35.9 Å². The summed E-state index contributed by atoms with van der Waals surface area (Å²) in [6.45, 7) is 15.5. The number of aromatic amines is 2. The maximum atomic E-state index is 13.7. The standard InChI is InChI=1S/C42H58N8O2/c1-8-46-42(23-11-12-24-42)38(52)50-34(40(5,6)7)36-45-26-32(48-36)30-19-15-28(16-20-30)27-13-17-29(18-14-27)31-25-44-35(47-31)33(39(2,3)4)49-37(51)41(43)21-9-10-22-41/h13-20,25-26,33-34,46H,8-12,21-24,43H2,1-7H3,(H,44,47)(H,45,48)(H,49,51)(H,50,52). The van der Waals surface area contributed by atoms with E-state index in [-0.39, 0.29) is 34.7 Å². The van der Waals surface area contributed by atoms with E-state index in [1.54, 1.807) is 0 Å². The number of nitrogens with zero attached hydrogens (tertiary/aromatic N) is 2. The van der Waals surface area contributed by atoms with Crippen LogP contribution in [0.3, 0.4) is 0 Å². The lowest BCUT2D eigenvalue weighted by molar-refractivity contribution is -0.129. The summed E-state index contributed by atoms with van der Waals surface area (Å²) in [4.78, 5) is 43.3. The molecule has 0 bridgehead atoms. The Balaban J connectivity index is 1.14. The summed E-state index contributed by atoms with van der Waals surface area (Å²) in [6, 6.07) is 16.3. The fourth-order valence-electron chi connectivity index (χ4n) is 7.91. The van der Waals surface area contributed by atoms with Gasteiger partial charge in [0, 0.05) is 0 Å². The van der Waals surface area contributed by atoms with Crippen molar-refractivity contribution < 1.29 is 9.59 Å². The number of amides is 2. The number of nitrogens with one attached hydrogen (secondary N) is 5. The Morgan fingerprint density at radius 3 is 1.46 bits per heavy atom. The van der Waals surface area contributed by atoms with Crippen molar-refractivity contribution >= 4 is 11.8 Å². The van der Waals surface area contributed by atoms with Gasteiger partial charge in [-0.2, -0.15) is 0 Å². The molecule has 2 fully saturated rings. The van der Waals surface area contributed by atoms with Crippen LogP contribution in [0.2, 0.25) is 0 Å². The van der Waals surface area contributed by atoms with Crippen LogP contribution >= 0.6 is 0 Å². The van der Waals surface area contributed by atoms with Gasteiger partial charge in [0.05, 0.1) is 46.9 Å². The van der Waals surface area contributed by atoms with Gasteiger partial charge >= 0.3 is 0 Å². The average Bonchev–Trinajstić information content (AvgIpc) is 3.94. The summed E-state index contributed by atoms with van der Waals surface area (Å²) in [5.74, 6) is 1.45. The molecular weight excluding hydrogens is 649 g/mol. The van der Waals surface area contributed by atoms with Gasteiger partial charge in [0.25, 0.3) is 0 Å². The van der Waals surface area contributed by atoms with Crippen LogP contribution in [0.5, 0.6) is 0 Å². The van der Waals surface area contributed by atoms with Gasteiger partial charge in [-0.05, 0) is 65.3 Å². The molecule has 6 rings (SSSR count).